The molecule has 0 saturated heterocycles. The summed E-state index contributed by atoms with van der Waals surface area (Å²) in [7, 11) is 0. The highest BCUT2D eigenvalue weighted by atomic mass is 16.3. The normalized spacial score (nSPS) is 12.0. The first kappa shape index (κ1) is 11.1. The molecule has 0 aromatic carbocycles. The summed E-state index contributed by atoms with van der Waals surface area (Å²) in [4.78, 5) is 0. The Labute approximate surface area is 86.0 Å². The van der Waals surface area contributed by atoms with Crippen molar-refractivity contribution in [2.45, 2.75) is 26.7 Å². The fourth-order valence-corrected chi connectivity index (χ4v) is 1.30. The molecular formula is C12H19NO. The van der Waals surface area contributed by atoms with E-state index in [1.54, 1.807) is 12.5 Å². The zero-order chi connectivity index (χ0) is 10.2. The van der Waals surface area contributed by atoms with Gasteiger partial charge < -0.3 is 9.73 Å². The van der Waals surface area contributed by atoms with Crippen LogP contribution >= 0.6 is 0 Å². The van der Waals surface area contributed by atoms with Crippen molar-refractivity contribution in [1.29, 1.82) is 0 Å². The predicted molar refractivity (Wildman–Crippen MR) is 60.1 cm³/mol. The summed E-state index contributed by atoms with van der Waals surface area (Å²) in [5.41, 5.74) is 2.47. The van der Waals surface area contributed by atoms with Crippen LogP contribution in [-0.4, -0.2) is 13.1 Å². The average molecular weight is 193 g/mol. The minimum Gasteiger partial charge on any atom is -0.472 e. The molecule has 1 rings (SSSR count). The number of hydrogen-bond acceptors (Lipinski definition) is 2. The molecule has 78 valence electrons. The molecule has 0 spiro atoms. The molecular weight excluding hydrogens is 174 g/mol. The fraction of sp³-hybridized carbons (Fsp3) is 0.500. The van der Waals surface area contributed by atoms with E-state index < -0.39 is 0 Å². The van der Waals surface area contributed by atoms with Crippen molar-refractivity contribution in [2.75, 3.05) is 13.1 Å². The molecule has 0 amide bonds. The maximum Gasteiger partial charge on any atom is 0.0977 e. The lowest BCUT2D eigenvalue weighted by molar-refractivity contribution is 0.566. The molecule has 2 nitrogen and oxygen atoms in total. The zero-order valence-corrected chi connectivity index (χ0v) is 9.05. The standard InChI is InChI=1S/C12H19NO/c1-3-7-13-8-4-5-11(2)12-6-9-14-10-12/h5-6,9-10,13H,3-4,7-8H2,1-2H3. The lowest BCUT2D eigenvalue weighted by Gasteiger charge is -2.00. The lowest BCUT2D eigenvalue weighted by Crippen LogP contribution is -2.15. The van der Waals surface area contributed by atoms with Crippen LogP contribution < -0.4 is 5.32 Å². The lowest BCUT2D eigenvalue weighted by atomic mass is 10.1. The van der Waals surface area contributed by atoms with Crippen molar-refractivity contribution in [3.8, 4) is 0 Å². The molecule has 0 atom stereocenters. The third-order valence-corrected chi connectivity index (χ3v) is 2.17. The van der Waals surface area contributed by atoms with Crippen molar-refractivity contribution in [2.24, 2.45) is 0 Å². The van der Waals surface area contributed by atoms with Gasteiger partial charge in [0.15, 0.2) is 0 Å². The van der Waals surface area contributed by atoms with Gasteiger partial charge in [-0.05, 0) is 44.5 Å². The second-order valence-electron chi connectivity index (χ2n) is 3.44. The Kier molecular flexibility index (Phi) is 5.08. The minimum atomic E-state index is 1.06. The molecule has 0 aliphatic carbocycles. The Morgan fingerprint density at radius 2 is 2.36 bits per heavy atom. The molecule has 0 fully saturated rings. The number of furan rings is 1. The number of rotatable bonds is 6. The summed E-state index contributed by atoms with van der Waals surface area (Å²) in [5, 5.41) is 3.37. The van der Waals surface area contributed by atoms with Gasteiger partial charge in [-0.1, -0.05) is 13.0 Å². The van der Waals surface area contributed by atoms with Crippen LogP contribution in [-0.2, 0) is 0 Å². The molecule has 1 aromatic heterocycles. The molecule has 0 aliphatic heterocycles. The van der Waals surface area contributed by atoms with Gasteiger partial charge in [0.2, 0.25) is 0 Å². The summed E-state index contributed by atoms with van der Waals surface area (Å²) >= 11 is 0. The summed E-state index contributed by atoms with van der Waals surface area (Å²) in [6, 6.07) is 1.99. The molecule has 14 heavy (non-hydrogen) atoms. The smallest absolute Gasteiger partial charge is 0.0977 e. The van der Waals surface area contributed by atoms with Crippen molar-refractivity contribution >= 4 is 5.57 Å². The van der Waals surface area contributed by atoms with Gasteiger partial charge in [0.05, 0.1) is 12.5 Å². The van der Waals surface area contributed by atoms with Crippen LogP contribution in [0, 0.1) is 0 Å². The molecule has 0 saturated carbocycles. The molecule has 0 radical (unpaired) electrons. The van der Waals surface area contributed by atoms with E-state index in [4.69, 9.17) is 4.42 Å². The maximum atomic E-state index is 5.02. The van der Waals surface area contributed by atoms with E-state index in [9.17, 15) is 0 Å². The topological polar surface area (TPSA) is 25.2 Å². The first-order valence-electron chi connectivity index (χ1n) is 5.24. The number of allylic oxidation sites excluding steroid dienone is 1. The average Bonchev–Trinajstić information content (AvgIpc) is 2.70. The van der Waals surface area contributed by atoms with Crippen molar-refractivity contribution in [3.05, 3.63) is 30.2 Å². The SMILES string of the molecule is CCCNCCC=C(C)c1ccoc1. The Balaban J connectivity index is 2.24. The molecule has 0 bridgehead atoms. The first-order valence-corrected chi connectivity index (χ1v) is 5.24. The third kappa shape index (κ3) is 3.79. The van der Waals surface area contributed by atoms with Crippen LogP contribution in [0.5, 0.6) is 0 Å². The number of nitrogens with one attached hydrogen (secondary N) is 1. The molecule has 1 heterocycles. The predicted octanol–water partition coefficient (Wildman–Crippen LogP) is 3.07. The van der Waals surface area contributed by atoms with Crippen LogP contribution in [0.4, 0.5) is 0 Å². The van der Waals surface area contributed by atoms with E-state index >= 15 is 0 Å². The van der Waals surface area contributed by atoms with Gasteiger partial charge in [-0.3, -0.25) is 0 Å². The zero-order valence-electron chi connectivity index (χ0n) is 9.05. The summed E-state index contributed by atoms with van der Waals surface area (Å²) in [6.07, 6.45) is 8.02. The van der Waals surface area contributed by atoms with E-state index in [0.717, 1.165) is 19.5 Å². The second-order valence-corrected chi connectivity index (χ2v) is 3.44. The number of hydrogen-bond donors (Lipinski definition) is 1. The Bertz CT molecular complexity index is 262. The molecule has 2 heteroatoms. The Morgan fingerprint density at radius 1 is 1.50 bits per heavy atom. The molecule has 1 N–H and O–H groups in total. The highest BCUT2D eigenvalue weighted by Gasteiger charge is 1.95. The Hall–Kier alpha value is -1.02. The van der Waals surface area contributed by atoms with E-state index in [0.29, 0.717) is 0 Å². The second kappa shape index (κ2) is 6.44. The monoisotopic (exact) mass is 193 g/mol. The summed E-state index contributed by atoms with van der Waals surface area (Å²) in [5.74, 6) is 0. The fourth-order valence-electron chi connectivity index (χ4n) is 1.30. The van der Waals surface area contributed by atoms with Crippen LogP contribution in [0.1, 0.15) is 32.3 Å². The largest absolute Gasteiger partial charge is 0.472 e. The van der Waals surface area contributed by atoms with Crippen LogP contribution in [0.2, 0.25) is 0 Å². The van der Waals surface area contributed by atoms with Gasteiger partial charge in [-0.2, -0.15) is 0 Å². The minimum absolute atomic E-state index is 1.06. The Morgan fingerprint density at radius 3 is 3.00 bits per heavy atom. The van der Waals surface area contributed by atoms with E-state index in [-0.39, 0.29) is 0 Å². The molecule has 0 unspecified atom stereocenters. The van der Waals surface area contributed by atoms with Crippen LogP contribution in [0.3, 0.4) is 0 Å². The van der Waals surface area contributed by atoms with Gasteiger partial charge in [0.1, 0.15) is 0 Å². The quantitative estimate of drug-likeness (QED) is 0.702. The van der Waals surface area contributed by atoms with Crippen molar-refractivity contribution in [3.63, 3.8) is 0 Å². The van der Waals surface area contributed by atoms with Crippen LogP contribution in [0.25, 0.3) is 5.57 Å². The summed E-state index contributed by atoms with van der Waals surface area (Å²) in [6.45, 7) is 6.46. The van der Waals surface area contributed by atoms with Crippen LogP contribution in [0.15, 0.2) is 29.1 Å². The van der Waals surface area contributed by atoms with Gasteiger partial charge in [0, 0.05) is 5.56 Å². The summed E-state index contributed by atoms with van der Waals surface area (Å²) < 4.78 is 5.02. The van der Waals surface area contributed by atoms with E-state index in [2.05, 4.69) is 25.2 Å². The molecule has 0 aliphatic rings. The first-order chi connectivity index (χ1) is 6.84. The van der Waals surface area contributed by atoms with Gasteiger partial charge in [-0.15, -0.1) is 0 Å². The van der Waals surface area contributed by atoms with Crippen molar-refractivity contribution in [1.82, 2.24) is 5.32 Å². The van der Waals surface area contributed by atoms with Gasteiger partial charge >= 0.3 is 0 Å². The highest BCUT2D eigenvalue weighted by Crippen LogP contribution is 2.13. The maximum absolute atomic E-state index is 5.02. The highest BCUT2D eigenvalue weighted by molar-refractivity contribution is 5.62. The van der Waals surface area contributed by atoms with Gasteiger partial charge in [-0.25, -0.2) is 0 Å². The van der Waals surface area contributed by atoms with E-state index in [1.807, 2.05) is 6.07 Å². The third-order valence-electron chi connectivity index (χ3n) is 2.17. The molecule has 1 aromatic rings. The van der Waals surface area contributed by atoms with Gasteiger partial charge in [0.25, 0.3) is 0 Å². The van der Waals surface area contributed by atoms with Crippen molar-refractivity contribution < 1.29 is 4.42 Å². The van der Waals surface area contributed by atoms with E-state index in [1.165, 1.54) is 17.6 Å².